The molecular weight excluding hydrogens is 251 g/mol. The Kier molecular flexibility index (Phi) is 4.31. The first-order valence-electron chi connectivity index (χ1n) is 3.72. The molecule has 0 heterocycles. The Morgan fingerprint density at radius 3 is 2.85 bits per heavy atom. The van der Waals surface area contributed by atoms with Gasteiger partial charge in [0.05, 0.1) is 11.9 Å². The van der Waals surface area contributed by atoms with Crippen molar-refractivity contribution < 1.29 is 5.11 Å². The van der Waals surface area contributed by atoms with Crippen LogP contribution in [0.5, 0.6) is 0 Å². The lowest BCUT2D eigenvalue weighted by molar-refractivity contribution is 0.281. The fourth-order valence-corrected chi connectivity index (χ4v) is 1.28. The molecular formula is C10H8BrClO. The second-order valence-corrected chi connectivity index (χ2v) is 3.39. The molecule has 0 aliphatic heterocycles. The molecule has 0 bridgehead atoms. The average molecular weight is 260 g/mol. The molecule has 0 saturated carbocycles. The maximum absolute atomic E-state index is 9.00. The average Bonchev–Trinajstić information content (AvgIpc) is 2.16. The molecule has 1 aromatic rings. The second-order valence-electron chi connectivity index (χ2n) is 2.39. The summed E-state index contributed by atoms with van der Waals surface area (Å²) in [6.07, 6.45) is 0. The van der Waals surface area contributed by atoms with Crippen LogP contribution < -0.4 is 0 Å². The Hall–Kier alpha value is -0.490. The first-order valence-corrected chi connectivity index (χ1v) is 5.22. The number of aliphatic hydroxyl groups is 1. The van der Waals surface area contributed by atoms with Gasteiger partial charge in [0.25, 0.3) is 0 Å². The lowest BCUT2D eigenvalue weighted by atomic mass is 10.1. The molecule has 0 aliphatic carbocycles. The fraction of sp³-hybridized carbons (Fsp3) is 0.200. The summed E-state index contributed by atoms with van der Waals surface area (Å²) < 4.78 is 0. The van der Waals surface area contributed by atoms with Crippen molar-refractivity contribution in [2.24, 2.45) is 0 Å². The van der Waals surface area contributed by atoms with E-state index in [0.29, 0.717) is 10.4 Å². The number of benzene rings is 1. The van der Waals surface area contributed by atoms with Crippen LogP contribution in [0.1, 0.15) is 11.1 Å². The first-order chi connectivity index (χ1) is 6.27. The molecule has 1 rings (SSSR count). The highest BCUT2D eigenvalue weighted by Gasteiger charge is 1.98. The third-order valence-corrected chi connectivity index (χ3v) is 2.04. The molecule has 0 atom stereocenters. The van der Waals surface area contributed by atoms with Gasteiger partial charge in [-0.2, -0.15) is 0 Å². The van der Waals surface area contributed by atoms with E-state index in [1.807, 2.05) is 6.07 Å². The summed E-state index contributed by atoms with van der Waals surface area (Å²) in [7, 11) is 0. The molecule has 0 aliphatic rings. The topological polar surface area (TPSA) is 20.2 Å². The monoisotopic (exact) mass is 258 g/mol. The molecule has 13 heavy (non-hydrogen) atoms. The van der Waals surface area contributed by atoms with Crippen LogP contribution in [0.25, 0.3) is 0 Å². The lowest BCUT2D eigenvalue weighted by Gasteiger charge is -2.00. The van der Waals surface area contributed by atoms with Crippen LogP contribution in [-0.2, 0) is 6.61 Å². The fourth-order valence-electron chi connectivity index (χ4n) is 0.944. The van der Waals surface area contributed by atoms with Gasteiger partial charge in [0.2, 0.25) is 0 Å². The highest BCUT2D eigenvalue weighted by atomic mass is 79.9. The smallest absolute Gasteiger partial charge is 0.0694 e. The van der Waals surface area contributed by atoms with Gasteiger partial charge >= 0.3 is 0 Å². The van der Waals surface area contributed by atoms with E-state index in [0.717, 1.165) is 11.1 Å². The number of hydrogen-bond acceptors (Lipinski definition) is 1. The highest BCUT2D eigenvalue weighted by Crippen LogP contribution is 2.15. The van der Waals surface area contributed by atoms with Crippen molar-refractivity contribution >= 4 is 27.5 Å². The molecule has 0 fully saturated rings. The third-order valence-electron chi connectivity index (χ3n) is 1.53. The summed E-state index contributed by atoms with van der Waals surface area (Å²) in [5.74, 6) is 5.80. The summed E-state index contributed by atoms with van der Waals surface area (Å²) in [4.78, 5) is 0. The van der Waals surface area contributed by atoms with E-state index in [2.05, 4.69) is 27.8 Å². The molecule has 0 radical (unpaired) electrons. The van der Waals surface area contributed by atoms with E-state index in [9.17, 15) is 0 Å². The molecule has 1 nitrogen and oxygen atoms in total. The van der Waals surface area contributed by atoms with Crippen LogP contribution in [0.4, 0.5) is 0 Å². The van der Waals surface area contributed by atoms with E-state index in [4.69, 9.17) is 16.7 Å². The van der Waals surface area contributed by atoms with Gasteiger partial charge in [0.1, 0.15) is 0 Å². The minimum Gasteiger partial charge on any atom is -0.392 e. The molecule has 0 saturated heterocycles. The van der Waals surface area contributed by atoms with E-state index in [1.165, 1.54) is 0 Å². The standard InChI is InChI=1S/C10H8BrClO/c11-5-1-2-8-3-4-10(12)6-9(8)7-13/h3-4,6,13H,5,7H2. The summed E-state index contributed by atoms with van der Waals surface area (Å²) >= 11 is 8.97. The number of aliphatic hydroxyl groups excluding tert-OH is 1. The number of halogens is 2. The van der Waals surface area contributed by atoms with E-state index in [1.54, 1.807) is 12.1 Å². The van der Waals surface area contributed by atoms with Gasteiger partial charge in [0.15, 0.2) is 0 Å². The number of alkyl halides is 1. The summed E-state index contributed by atoms with van der Waals surface area (Å²) in [5.41, 5.74) is 1.59. The van der Waals surface area contributed by atoms with Crippen LogP contribution in [0.2, 0.25) is 5.02 Å². The minimum atomic E-state index is -0.0349. The van der Waals surface area contributed by atoms with Crippen LogP contribution in [-0.4, -0.2) is 10.4 Å². The molecule has 68 valence electrons. The van der Waals surface area contributed by atoms with Gasteiger partial charge < -0.3 is 5.11 Å². The first kappa shape index (κ1) is 10.6. The number of rotatable bonds is 1. The molecule has 3 heteroatoms. The van der Waals surface area contributed by atoms with Gasteiger partial charge in [-0.25, -0.2) is 0 Å². The molecule has 1 N–H and O–H groups in total. The highest BCUT2D eigenvalue weighted by molar-refractivity contribution is 9.09. The van der Waals surface area contributed by atoms with Gasteiger partial charge in [0, 0.05) is 10.6 Å². The predicted octanol–water partition coefficient (Wildman–Crippen LogP) is 2.58. The van der Waals surface area contributed by atoms with E-state index in [-0.39, 0.29) is 6.61 Å². The van der Waals surface area contributed by atoms with Crippen molar-refractivity contribution in [3.8, 4) is 11.8 Å². The predicted molar refractivity (Wildman–Crippen MR) is 58.0 cm³/mol. The summed E-state index contributed by atoms with van der Waals surface area (Å²) in [6, 6.07) is 5.29. The van der Waals surface area contributed by atoms with E-state index < -0.39 is 0 Å². The maximum atomic E-state index is 9.00. The largest absolute Gasteiger partial charge is 0.392 e. The quantitative estimate of drug-likeness (QED) is 0.607. The SMILES string of the molecule is OCc1cc(Cl)ccc1C#CCBr. The van der Waals surface area contributed by atoms with Crippen molar-refractivity contribution in [2.75, 3.05) is 5.33 Å². The zero-order chi connectivity index (χ0) is 9.68. The van der Waals surface area contributed by atoms with Crippen molar-refractivity contribution in [3.63, 3.8) is 0 Å². The Morgan fingerprint density at radius 1 is 1.46 bits per heavy atom. The summed E-state index contributed by atoms with van der Waals surface area (Å²) in [6.45, 7) is -0.0349. The van der Waals surface area contributed by atoms with Gasteiger partial charge in [-0.1, -0.05) is 39.4 Å². The summed E-state index contributed by atoms with van der Waals surface area (Å²) in [5, 5.41) is 10.2. The van der Waals surface area contributed by atoms with Crippen molar-refractivity contribution in [2.45, 2.75) is 6.61 Å². The van der Waals surface area contributed by atoms with E-state index >= 15 is 0 Å². The van der Waals surface area contributed by atoms with Crippen LogP contribution in [0.3, 0.4) is 0 Å². The Labute approximate surface area is 90.9 Å². The van der Waals surface area contributed by atoms with Crippen molar-refractivity contribution in [1.82, 2.24) is 0 Å². The van der Waals surface area contributed by atoms with Crippen LogP contribution >= 0.6 is 27.5 Å². The van der Waals surface area contributed by atoms with Crippen molar-refractivity contribution in [3.05, 3.63) is 34.3 Å². The molecule has 0 spiro atoms. The maximum Gasteiger partial charge on any atom is 0.0694 e. The third kappa shape index (κ3) is 3.04. The zero-order valence-corrected chi connectivity index (χ0v) is 9.19. The van der Waals surface area contributed by atoms with Crippen LogP contribution in [0, 0.1) is 11.8 Å². The second kappa shape index (κ2) is 5.29. The minimum absolute atomic E-state index is 0.0349. The molecule has 0 aromatic heterocycles. The van der Waals surface area contributed by atoms with Gasteiger partial charge in [-0.05, 0) is 23.8 Å². The van der Waals surface area contributed by atoms with Gasteiger partial charge in [-0.15, -0.1) is 0 Å². The van der Waals surface area contributed by atoms with Crippen LogP contribution in [0.15, 0.2) is 18.2 Å². The number of hydrogen-bond donors (Lipinski definition) is 1. The Balaban J connectivity index is 3.06. The van der Waals surface area contributed by atoms with Gasteiger partial charge in [-0.3, -0.25) is 0 Å². The Morgan fingerprint density at radius 2 is 2.23 bits per heavy atom. The molecule has 1 aromatic carbocycles. The molecule has 0 unspecified atom stereocenters. The van der Waals surface area contributed by atoms with Crippen molar-refractivity contribution in [1.29, 1.82) is 0 Å². The zero-order valence-electron chi connectivity index (χ0n) is 6.85. The Bertz CT molecular complexity index is 352. The molecule has 0 amide bonds. The normalized spacial score (nSPS) is 9.15. The lowest BCUT2D eigenvalue weighted by Crippen LogP contribution is -1.88.